The number of benzene rings is 4. The molecule has 4 rings (SSSR count). The fraction of sp³-hybridized carbons (Fsp3) is 0.265. The number of Topliss-reactive ketones (excluding diaryl/α,β-unsaturated/α-hetero) is 1. The number of phenols is 1. The highest BCUT2D eigenvalue weighted by molar-refractivity contribution is 5.93. The van der Waals surface area contributed by atoms with Gasteiger partial charge in [0, 0.05) is 11.7 Å². The maximum absolute atomic E-state index is 10.8. The number of aryl methyl sites for hydroxylation is 3. The Morgan fingerprint density at radius 1 is 0.579 bits per heavy atom. The van der Waals surface area contributed by atoms with Crippen molar-refractivity contribution in [1.82, 2.24) is 0 Å². The Bertz CT molecular complexity index is 1080. The lowest BCUT2D eigenvalue weighted by atomic mass is 10.1. The van der Waals surface area contributed by atoms with Gasteiger partial charge in [0.25, 0.3) is 0 Å². The van der Waals surface area contributed by atoms with Gasteiger partial charge in [0.15, 0.2) is 5.78 Å². The quantitative estimate of drug-likeness (QED) is 0.236. The van der Waals surface area contributed by atoms with Crippen molar-refractivity contribution in [3.63, 3.8) is 0 Å². The fourth-order valence-electron chi connectivity index (χ4n) is 2.60. The van der Waals surface area contributed by atoms with Gasteiger partial charge in [0.05, 0.1) is 6.10 Å². The van der Waals surface area contributed by atoms with Crippen molar-refractivity contribution >= 4 is 5.78 Å². The normalized spacial score (nSPS) is 10.1. The van der Waals surface area contributed by atoms with Gasteiger partial charge < -0.3 is 15.3 Å². The van der Waals surface area contributed by atoms with Crippen molar-refractivity contribution in [3.05, 3.63) is 137 Å². The van der Waals surface area contributed by atoms with Crippen LogP contribution in [0.3, 0.4) is 0 Å². The van der Waals surface area contributed by atoms with E-state index >= 15 is 0 Å². The zero-order valence-electron chi connectivity index (χ0n) is 23.8. The Kier molecular flexibility index (Phi) is 18.3. The summed E-state index contributed by atoms with van der Waals surface area (Å²) in [5.74, 6) is 0.454. The van der Waals surface area contributed by atoms with E-state index < -0.39 is 0 Å². The lowest BCUT2D eigenvalue weighted by molar-refractivity contribution is 0.101. The number of phenolic OH excluding ortho intramolecular Hbond substituents is 1. The smallest absolute Gasteiger partial charge is 0.159 e. The highest BCUT2D eigenvalue weighted by Crippen LogP contribution is 2.09. The number of aliphatic hydroxyl groups is 2. The van der Waals surface area contributed by atoms with Gasteiger partial charge in [0.1, 0.15) is 5.75 Å². The Labute approximate surface area is 229 Å². The minimum atomic E-state index is -0.341. The molecule has 0 radical (unpaired) electrons. The number of aromatic hydroxyl groups is 1. The van der Waals surface area contributed by atoms with Gasteiger partial charge in [-0.25, -0.2) is 0 Å². The molecule has 0 saturated carbocycles. The maximum atomic E-state index is 10.8. The van der Waals surface area contributed by atoms with Crippen molar-refractivity contribution in [2.45, 2.75) is 60.7 Å². The van der Waals surface area contributed by atoms with Gasteiger partial charge in [-0.1, -0.05) is 114 Å². The molecule has 0 saturated heterocycles. The van der Waals surface area contributed by atoms with Crippen molar-refractivity contribution in [2.24, 2.45) is 0 Å². The molecule has 4 nitrogen and oxygen atoms in total. The van der Waals surface area contributed by atoms with Crippen LogP contribution < -0.4 is 0 Å². The molecule has 0 bridgehead atoms. The van der Waals surface area contributed by atoms with Crippen molar-refractivity contribution < 1.29 is 20.1 Å². The zero-order valence-corrected chi connectivity index (χ0v) is 23.8. The molecule has 4 aromatic carbocycles. The van der Waals surface area contributed by atoms with Gasteiger partial charge in [-0.05, 0) is 66.2 Å². The van der Waals surface area contributed by atoms with Crippen LogP contribution in [-0.2, 0) is 0 Å². The van der Waals surface area contributed by atoms with Crippen LogP contribution in [0.2, 0.25) is 0 Å². The molecule has 0 fully saturated rings. The summed E-state index contributed by atoms with van der Waals surface area (Å²) in [5.41, 5.74) is 5.43. The number of hydrogen-bond acceptors (Lipinski definition) is 4. The van der Waals surface area contributed by atoms with Gasteiger partial charge in [-0.15, -0.1) is 0 Å². The molecule has 0 unspecified atom stereocenters. The number of ketones is 1. The summed E-state index contributed by atoms with van der Waals surface area (Å²) in [6, 6.07) is 34.5. The minimum absolute atomic E-state index is 0.125. The molecule has 0 aromatic heterocycles. The van der Waals surface area contributed by atoms with E-state index in [4.69, 9.17) is 15.3 Å². The second-order valence-corrected chi connectivity index (χ2v) is 9.09. The second-order valence-electron chi connectivity index (χ2n) is 9.09. The monoisotopic (exact) mass is 516 g/mol. The molecule has 0 heterocycles. The van der Waals surface area contributed by atoms with E-state index in [-0.39, 0.29) is 18.0 Å². The average molecular weight is 517 g/mol. The van der Waals surface area contributed by atoms with Crippen LogP contribution in [0.25, 0.3) is 0 Å². The zero-order chi connectivity index (χ0) is 28.9. The van der Waals surface area contributed by atoms with E-state index in [0.717, 1.165) is 11.1 Å². The van der Waals surface area contributed by atoms with Crippen LogP contribution in [-0.4, -0.2) is 27.2 Å². The molecule has 3 N–H and O–H groups in total. The Morgan fingerprint density at radius 3 is 1.18 bits per heavy atom. The highest BCUT2D eigenvalue weighted by Gasteiger charge is 1.96. The largest absolute Gasteiger partial charge is 0.508 e. The van der Waals surface area contributed by atoms with E-state index in [9.17, 15) is 4.79 Å². The topological polar surface area (TPSA) is 77.8 Å². The molecule has 0 aliphatic heterocycles. The molecule has 0 aliphatic carbocycles. The van der Waals surface area contributed by atoms with Gasteiger partial charge >= 0.3 is 0 Å². The standard InChI is InChI=1S/C9H10O.C8H10O.C7H8O.C7H8.C3H8O/c1-7-3-5-9(6-4-7)8(2)10;1-7(9)8-5-3-2-4-6-8;1-6-2-4-7(8)5-3-6;1-7-5-3-2-4-6-7;1-3(2)4/h3-6H,1-2H3;2-7,9H,1H3;2-5,8H,1H3;2-6H,1H3;3-4H,1-2H3/t;7-;;;/m.0.../s1. The Morgan fingerprint density at radius 2 is 0.921 bits per heavy atom. The first-order chi connectivity index (χ1) is 17.9. The van der Waals surface area contributed by atoms with Crippen LogP contribution in [0.5, 0.6) is 5.75 Å². The van der Waals surface area contributed by atoms with Crippen molar-refractivity contribution in [3.8, 4) is 5.75 Å². The number of aliphatic hydroxyl groups excluding tert-OH is 2. The van der Waals surface area contributed by atoms with Crippen molar-refractivity contribution in [2.75, 3.05) is 0 Å². The van der Waals surface area contributed by atoms with E-state index in [2.05, 4.69) is 19.1 Å². The predicted molar refractivity (Wildman–Crippen MR) is 160 cm³/mol. The van der Waals surface area contributed by atoms with E-state index in [1.807, 2.05) is 98.8 Å². The number of carbonyl (C=O) groups excluding carboxylic acids is 1. The minimum Gasteiger partial charge on any atom is -0.508 e. The average Bonchev–Trinajstić information content (AvgIpc) is 2.88. The molecule has 0 amide bonds. The third-order valence-electron chi connectivity index (χ3n) is 4.71. The van der Waals surface area contributed by atoms with E-state index in [0.29, 0.717) is 5.75 Å². The molecule has 4 aromatic rings. The van der Waals surface area contributed by atoms with E-state index in [1.165, 1.54) is 16.7 Å². The molecule has 4 heteroatoms. The number of rotatable bonds is 2. The third kappa shape index (κ3) is 19.5. The second kappa shape index (κ2) is 20.3. The summed E-state index contributed by atoms with van der Waals surface area (Å²) < 4.78 is 0. The van der Waals surface area contributed by atoms with Gasteiger partial charge in [-0.2, -0.15) is 0 Å². The summed E-state index contributed by atoms with van der Waals surface area (Å²) in [6.07, 6.45) is -0.508. The first-order valence-corrected chi connectivity index (χ1v) is 12.7. The first kappa shape index (κ1) is 34.3. The van der Waals surface area contributed by atoms with Crippen LogP contribution in [0.15, 0.2) is 109 Å². The highest BCUT2D eigenvalue weighted by atomic mass is 16.3. The lowest BCUT2D eigenvalue weighted by Gasteiger charge is -2.00. The fourth-order valence-corrected chi connectivity index (χ4v) is 2.60. The first-order valence-electron chi connectivity index (χ1n) is 12.7. The van der Waals surface area contributed by atoms with Crippen LogP contribution >= 0.6 is 0 Å². The molecular formula is C34H44O4. The van der Waals surface area contributed by atoms with E-state index in [1.54, 1.807) is 39.8 Å². The summed E-state index contributed by atoms with van der Waals surface area (Å²) in [4.78, 5) is 10.8. The molecule has 38 heavy (non-hydrogen) atoms. The summed E-state index contributed by atoms with van der Waals surface area (Å²) >= 11 is 0. The Balaban J connectivity index is 0.000000462. The number of hydrogen-bond donors (Lipinski definition) is 3. The SMILES string of the molecule is CC(=O)c1ccc(C)cc1.CC(C)O.C[C@H](O)c1ccccc1.Cc1ccc(O)cc1.Cc1ccccc1. The van der Waals surface area contributed by atoms with Crippen LogP contribution in [0.1, 0.15) is 66.4 Å². The molecule has 204 valence electrons. The predicted octanol–water partition coefficient (Wildman–Crippen LogP) is 8.02. The van der Waals surface area contributed by atoms with Gasteiger partial charge in [0.2, 0.25) is 0 Å². The maximum Gasteiger partial charge on any atom is 0.159 e. The number of carbonyl (C=O) groups is 1. The third-order valence-corrected chi connectivity index (χ3v) is 4.71. The molecular weight excluding hydrogens is 472 g/mol. The van der Waals surface area contributed by atoms with Crippen molar-refractivity contribution in [1.29, 1.82) is 0 Å². The summed E-state index contributed by atoms with van der Waals surface area (Å²) in [7, 11) is 0. The summed E-state index contributed by atoms with van der Waals surface area (Å²) in [5, 5.41) is 25.8. The molecule has 1 atom stereocenters. The Hall–Kier alpha value is -3.73. The molecule has 0 spiro atoms. The lowest BCUT2D eigenvalue weighted by Crippen LogP contribution is -1.90. The van der Waals surface area contributed by atoms with Crippen LogP contribution in [0, 0.1) is 20.8 Å². The summed E-state index contributed by atoms with van der Waals surface area (Å²) in [6.45, 7) is 12.9. The van der Waals surface area contributed by atoms with Crippen LogP contribution in [0.4, 0.5) is 0 Å². The van der Waals surface area contributed by atoms with Gasteiger partial charge in [-0.3, -0.25) is 4.79 Å². The molecule has 0 aliphatic rings.